The number of carbonyl (C=O) groups is 2. The molecular formula is C18H25N7O2. The van der Waals surface area contributed by atoms with Crippen molar-refractivity contribution in [3.63, 3.8) is 0 Å². The van der Waals surface area contributed by atoms with Gasteiger partial charge < -0.3 is 15.5 Å². The first kappa shape index (κ1) is 19.0. The summed E-state index contributed by atoms with van der Waals surface area (Å²) in [6.45, 7) is 5.20. The minimum atomic E-state index is -0.697. The summed E-state index contributed by atoms with van der Waals surface area (Å²) in [6, 6.07) is 1.75. The molecule has 2 N–H and O–H groups in total. The lowest BCUT2D eigenvalue weighted by atomic mass is 10.0. The number of anilines is 1. The summed E-state index contributed by atoms with van der Waals surface area (Å²) >= 11 is 0. The lowest BCUT2D eigenvalue weighted by Gasteiger charge is -2.32. The molecule has 3 heterocycles. The Balaban J connectivity index is 1.46. The average Bonchev–Trinajstić information content (AvgIpc) is 3.16. The van der Waals surface area contributed by atoms with E-state index in [2.05, 4.69) is 37.5 Å². The first-order valence-corrected chi connectivity index (χ1v) is 9.32. The zero-order valence-corrected chi connectivity index (χ0v) is 15.5. The molecule has 1 aliphatic heterocycles. The first-order valence-electron chi connectivity index (χ1n) is 9.32. The molecular weight excluding hydrogens is 346 g/mol. The van der Waals surface area contributed by atoms with Crippen molar-refractivity contribution in [3.8, 4) is 5.95 Å². The van der Waals surface area contributed by atoms with Gasteiger partial charge in [0.15, 0.2) is 0 Å². The Morgan fingerprint density at radius 1 is 1.19 bits per heavy atom. The molecule has 27 heavy (non-hydrogen) atoms. The maximum absolute atomic E-state index is 12.2. The van der Waals surface area contributed by atoms with Gasteiger partial charge in [-0.15, -0.1) is 0 Å². The van der Waals surface area contributed by atoms with E-state index >= 15 is 0 Å². The van der Waals surface area contributed by atoms with E-state index in [9.17, 15) is 9.59 Å². The van der Waals surface area contributed by atoms with Crippen molar-refractivity contribution in [2.24, 2.45) is 0 Å². The van der Waals surface area contributed by atoms with Crippen LogP contribution in [0.25, 0.3) is 5.95 Å². The molecule has 0 aliphatic carbocycles. The lowest BCUT2D eigenvalue weighted by molar-refractivity contribution is -0.136. The third-order valence-corrected chi connectivity index (χ3v) is 4.55. The molecule has 0 unspecified atom stereocenters. The lowest BCUT2D eigenvalue weighted by Crippen LogP contribution is -2.47. The average molecular weight is 371 g/mol. The second-order valence-corrected chi connectivity index (χ2v) is 6.62. The van der Waals surface area contributed by atoms with E-state index in [1.54, 1.807) is 24.7 Å². The third kappa shape index (κ3) is 5.33. The van der Waals surface area contributed by atoms with Gasteiger partial charge in [-0.05, 0) is 31.9 Å². The highest BCUT2D eigenvalue weighted by Crippen LogP contribution is 2.12. The molecule has 144 valence electrons. The third-order valence-electron chi connectivity index (χ3n) is 4.55. The predicted octanol–water partition coefficient (Wildman–Crippen LogP) is 0.982. The number of unbranched alkanes of at least 4 members (excludes halogenated alkanes) is 1. The maximum Gasteiger partial charge on any atom is 0.313 e. The van der Waals surface area contributed by atoms with Gasteiger partial charge in [0.25, 0.3) is 0 Å². The number of hydrogen-bond acceptors (Lipinski definition) is 6. The molecule has 2 aromatic heterocycles. The maximum atomic E-state index is 12.2. The number of aromatic nitrogens is 4. The zero-order valence-electron chi connectivity index (χ0n) is 15.5. The van der Waals surface area contributed by atoms with Crippen LogP contribution in [0.15, 0.2) is 30.9 Å². The molecule has 1 aliphatic rings. The number of nitrogens with one attached hydrogen (secondary N) is 2. The molecule has 3 rings (SSSR count). The van der Waals surface area contributed by atoms with Crippen LogP contribution in [0.5, 0.6) is 0 Å². The molecule has 0 spiro atoms. The van der Waals surface area contributed by atoms with Gasteiger partial charge in [-0.25, -0.2) is 14.6 Å². The van der Waals surface area contributed by atoms with Crippen molar-refractivity contribution < 1.29 is 9.59 Å². The van der Waals surface area contributed by atoms with Crippen molar-refractivity contribution in [2.45, 2.75) is 38.6 Å². The van der Waals surface area contributed by atoms with Gasteiger partial charge in [0.05, 0.1) is 18.1 Å². The molecule has 0 aromatic carbocycles. The number of amides is 2. The van der Waals surface area contributed by atoms with E-state index in [4.69, 9.17) is 0 Å². The summed E-state index contributed by atoms with van der Waals surface area (Å²) in [6.07, 6.45) is 10.3. The smallest absolute Gasteiger partial charge is 0.313 e. The van der Waals surface area contributed by atoms with Crippen LogP contribution in [-0.4, -0.2) is 62.1 Å². The molecule has 2 amide bonds. The van der Waals surface area contributed by atoms with Crippen LogP contribution in [0.3, 0.4) is 0 Å². The number of carbonyl (C=O) groups excluding carboxylic acids is 2. The van der Waals surface area contributed by atoms with Crippen molar-refractivity contribution in [3.05, 3.63) is 30.9 Å². The van der Waals surface area contributed by atoms with E-state index in [0.29, 0.717) is 11.6 Å². The number of piperidine rings is 1. The molecule has 2 aromatic rings. The van der Waals surface area contributed by atoms with E-state index in [-0.39, 0.29) is 6.04 Å². The largest absolute Gasteiger partial charge is 0.345 e. The molecule has 1 fully saturated rings. The van der Waals surface area contributed by atoms with Crippen molar-refractivity contribution in [1.82, 2.24) is 30.0 Å². The SMILES string of the molecule is CCCCN1CCC(NC(=O)C(=O)Nc2cnn(-c3ncccn3)c2)CC1. The topological polar surface area (TPSA) is 105 Å². The first-order chi connectivity index (χ1) is 13.2. The van der Waals surface area contributed by atoms with Crippen molar-refractivity contribution in [2.75, 3.05) is 25.0 Å². The Morgan fingerprint density at radius 3 is 2.63 bits per heavy atom. The summed E-state index contributed by atoms with van der Waals surface area (Å²) in [7, 11) is 0. The summed E-state index contributed by atoms with van der Waals surface area (Å²) in [5, 5.41) is 9.47. The Labute approximate surface area is 158 Å². The van der Waals surface area contributed by atoms with E-state index in [1.165, 1.54) is 23.7 Å². The normalized spacial score (nSPS) is 15.4. The number of likely N-dealkylation sites (tertiary alicyclic amines) is 1. The van der Waals surface area contributed by atoms with Gasteiger partial charge in [0, 0.05) is 31.5 Å². The Morgan fingerprint density at radius 2 is 1.93 bits per heavy atom. The van der Waals surface area contributed by atoms with Crippen LogP contribution in [0.4, 0.5) is 5.69 Å². The van der Waals surface area contributed by atoms with Crippen molar-refractivity contribution in [1.29, 1.82) is 0 Å². The van der Waals surface area contributed by atoms with Crippen LogP contribution in [0.2, 0.25) is 0 Å². The summed E-state index contributed by atoms with van der Waals surface area (Å²) in [5.41, 5.74) is 0.414. The van der Waals surface area contributed by atoms with Crippen LogP contribution in [0, 0.1) is 0 Å². The molecule has 1 saturated heterocycles. The second kappa shape index (κ2) is 9.22. The predicted molar refractivity (Wildman–Crippen MR) is 100 cm³/mol. The van der Waals surface area contributed by atoms with E-state index in [0.717, 1.165) is 32.5 Å². The molecule has 0 bridgehead atoms. The minimum absolute atomic E-state index is 0.0431. The fraction of sp³-hybridized carbons (Fsp3) is 0.500. The van der Waals surface area contributed by atoms with Crippen LogP contribution < -0.4 is 10.6 Å². The monoisotopic (exact) mass is 371 g/mol. The van der Waals surface area contributed by atoms with Crippen LogP contribution in [-0.2, 0) is 9.59 Å². The number of hydrogen-bond donors (Lipinski definition) is 2. The Bertz CT molecular complexity index is 754. The van der Waals surface area contributed by atoms with E-state index in [1.807, 2.05) is 0 Å². The molecule has 9 heteroatoms. The molecule has 0 radical (unpaired) electrons. The highest BCUT2D eigenvalue weighted by Gasteiger charge is 2.23. The summed E-state index contributed by atoms with van der Waals surface area (Å²) in [5.74, 6) is -0.931. The van der Waals surface area contributed by atoms with Gasteiger partial charge in [-0.3, -0.25) is 9.59 Å². The molecule has 9 nitrogen and oxygen atoms in total. The highest BCUT2D eigenvalue weighted by molar-refractivity contribution is 6.39. The molecule has 0 saturated carbocycles. The van der Waals surface area contributed by atoms with Gasteiger partial charge in [-0.2, -0.15) is 5.10 Å². The summed E-state index contributed by atoms with van der Waals surface area (Å²) < 4.78 is 1.43. The number of nitrogens with zero attached hydrogens (tertiary/aromatic N) is 5. The standard InChI is InChI=1S/C18H25N7O2/c1-2-3-9-24-10-5-14(6-11-24)22-16(26)17(27)23-15-12-21-25(13-15)18-19-7-4-8-20-18/h4,7-8,12-14H,2-3,5-6,9-11H2,1H3,(H,22,26)(H,23,27). The van der Waals surface area contributed by atoms with E-state index < -0.39 is 11.8 Å². The van der Waals surface area contributed by atoms with Crippen LogP contribution in [0.1, 0.15) is 32.6 Å². The van der Waals surface area contributed by atoms with Gasteiger partial charge in [0.2, 0.25) is 5.95 Å². The number of rotatable bonds is 6. The quantitative estimate of drug-likeness (QED) is 0.734. The summed E-state index contributed by atoms with van der Waals surface area (Å²) in [4.78, 5) is 34.8. The van der Waals surface area contributed by atoms with Gasteiger partial charge in [-0.1, -0.05) is 13.3 Å². The Kier molecular flexibility index (Phi) is 6.48. The molecule has 0 atom stereocenters. The van der Waals surface area contributed by atoms with Crippen LogP contribution >= 0.6 is 0 Å². The second-order valence-electron chi connectivity index (χ2n) is 6.62. The fourth-order valence-corrected chi connectivity index (χ4v) is 3.03. The van der Waals surface area contributed by atoms with Gasteiger partial charge >= 0.3 is 11.8 Å². The highest BCUT2D eigenvalue weighted by atomic mass is 16.2. The Hall–Kier alpha value is -2.81. The minimum Gasteiger partial charge on any atom is -0.345 e. The van der Waals surface area contributed by atoms with Gasteiger partial charge in [0.1, 0.15) is 0 Å². The fourth-order valence-electron chi connectivity index (χ4n) is 3.03. The zero-order chi connectivity index (χ0) is 19.1. The van der Waals surface area contributed by atoms with Crippen molar-refractivity contribution >= 4 is 17.5 Å².